The Labute approximate surface area is 173 Å². The van der Waals surface area contributed by atoms with Gasteiger partial charge >= 0.3 is 23.1 Å². The fourth-order valence-corrected chi connectivity index (χ4v) is 15.7. The molecule has 0 aromatic carbocycles. The highest BCUT2D eigenvalue weighted by molar-refractivity contribution is 6.83. The summed E-state index contributed by atoms with van der Waals surface area (Å²) in [6.07, 6.45) is -0.00328. The zero-order valence-corrected chi connectivity index (χ0v) is 21.1. The van der Waals surface area contributed by atoms with E-state index >= 15 is 0 Å². The van der Waals surface area contributed by atoms with Crippen LogP contribution in [0.2, 0.25) is 22.2 Å². The van der Waals surface area contributed by atoms with E-state index < -0.39 is 23.4 Å². The van der Waals surface area contributed by atoms with Gasteiger partial charge in [0.2, 0.25) is 6.29 Å². The summed E-state index contributed by atoms with van der Waals surface area (Å²) < 4.78 is 32.0. The van der Waals surface area contributed by atoms with E-state index in [4.69, 9.17) is 22.4 Å². The molecule has 0 N–H and O–H groups in total. The first-order valence-corrected chi connectivity index (χ1v) is 14.7. The lowest BCUT2D eigenvalue weighted by atomic mass is 10.0. The third-order valence-corrected chi connectivity index (χ3v) is 16.4. The average Bonchev–Trinajstić information content (AvgIpc) is 2.95. The number of carbonyl (C=O) groups excluding carboxylic acids is 1. The molecule has 2 saturated heterocycles. The Balaban J connectivity index is 2.41. The number of rotatable bonds is 5. The van der Waals surface area contributed by atoms with Crippen LogP contribution in [0.4, 0.5) is 0 Å². The molecular formula is C20H40O6Si2. The molecule has 0 aromatic rings. The molecule has 0 aromatic heterocycles. The van der Waals surface area contributed by atoms with Gasteiger partial charge in [0.15, 0.2) is 0 Å². The molecule has 2 rings (SSSR count). The summed E-state index contributed by atoms with van der Waals surface area (Å²) in [5.41, 5.74) is 1.21. The molecule has 0 radical (unpaired) electrons. The molecule has 3 unspecified atom stereocenters. The highest BCUT2D eigenvalue weighted by Crippen LogP contribution is 2.46. The lowest BCUT2D eigenvalue weighted by Crippen LogP contribution is -2.61. The minimum absolute atomic E-state index is 0.138. The van der Waals surface area contributed by atoms with Crippen LogP contribution < -0.4 is 0 Å². The first-order chi connectivity index (χ1) is 12.9. The Morgan fingerprint density at radius 3 is 1.75 bits per heavy atom. The van der Waals surface area contributed by atoms with Crippen LogP contribution in [0.15, 0.2) is 0 Å². The molecule has 2 fully saturated rings. The van der Waals surface area contributed by atoms with Crippen LogP contribution in [0.25, 0.3) is 0 Å². The summed E-state index contributed by atoms with van der Waals surface area (Å²) in [5, 5.41) is 0. The zero-order chi connectivity index (χ0) is 21.3. The highest BCUT2D eigenvalue weighted by Gasteiger charge is 2.58. The van der Waals surface area contributed by atoms with E-state index in [0.717, 1.165) is 0 Å². The van der Waals surface area contributed by atoms with Gasteiger partial charge in [-0.3, -0.25) is 4.79 Å². The van der Waals surface area contributed by atoms with Gasteiger partial charge in [-0.1, -0.05) is 55.4 Å². The maximum atomic E-state index is 11.4. The predicted octanol–water partition coefficient (Wildman–Crippen LogP) is 4.87. The molecule has 2 aliphatic heterocycles. The van der Waals surface area contributed by atoms with Crippen molar-refractivity contribution in [2.45, 2.75) is 103 Å². The standard InChI is InChI=1S/C20H40O6Si2/c1-13(2)27(14(3)4)22-11-18-10-20(24-17(9)21)25-19(18)12-23-28(26-27,15(5)6)16(7)8/h13-16,18-20H,10-12H2,1-9H3. The maximum absolute atomic E-state index is 11.4. The molecule has 0 bridgehead atoms. The minimum Gasteiger partial charge on any atom is -0.436 e. The van der Waals surface area contributed by atoms with E-state index in [9.17, 15) is 4.79 Å². The topological polar surface area (TPSA) is 63.2 Å². The fourth-order valence-electron chi connectivity index (χ4n) is 4.60. The second kappa shape index (κ2) is 9.26. The van der Waals surface area contributed by atoms with Crippen molar-refractivity contribution < 1.29 is 27.2 Å². The molecule has 0 saturated carbocycles. The summed E-state index contributed by atoms with van der Waals surface area (Å²) in [6.45, 7) is 20.1. The number of esters is 1. The number of fused-ring (bicyclic) bond motifs is 1. The van der Waals surface area contributed by atoms with Gasteiger partial charge in [-0.2, -0.15) is 0 Å². The van der Waals surface area contributed by atoms with E-state index in [-0.39, 0.29) is 18.0 Å². The van der Waals surface area contributed by atoms with Crippen molar-refractivity contribution in [1.29, 1.82) is 0 Å². The van der Waals surface area contributed by atoms with Gasteiger partial charge in [-0.15, -0.1) is 0 Å². The fraction of sp³-hybridized carbons (Fsp3) is 0.950. The van der Waals surface area contributed by atoms with Gasteiger partial charge < -0.3 is 22.4 Å². The second-order valence-corrected chi connectivity index (χ2v) is 18.4. The molecule has 2 heterocycles. The van der Waals surface area contributed by atoms with Gasteiger partial charge in [-0.05, 0) is 22.2 Å². The van der Waals surface area contributed by atoms with E-state index in [2.05, 4.69) is 55.4 Å². The van der Waals surface area contributed by atoms with Gasteiger partial charge in [0.05, 0.1) is 12.7 Å². The number of carbonyl (C=O) groups is 1. The smallest absolute Gasteiger partial charge is 0.334 e. The largest absolute Gasteiger partial charge is 0.436 e. The van der Waals surface area contributed by atoms with Crippen molar-refractivity contribution in [2.24, 2.45) is 5.92 Å². The van der Waals surface area contributed by atoms with Crippen molar-refractivity contribution in [1.82, 2.24) is 0 Å². The molecule has 164 valence electrons. The second-order valence-electron chi connectivity index (χ2n) is 9.49. The molecule has 6 nitrogen and oxygen atoms in total. The normalized spacial score (nSPS) is 30.2. The van der Waals surface area contributed by atoms with Gasteiger partial charge in [0.1, 0.15) is 0 Å². The average molecular weight is 433 g/mol. The number of ether oxygens (including phenoxy) is 2. The summed E-state index contributed by atoms with van der Waals surface area (Å²) in [4.78, 5) is 11.4. The Morgan fingerprint density at radius 2 is 1.32 bits per heavy atom. The molecular weight excluding hydrogens is 392 g/mol. The van der Waals surface area contributed by atoms with Crippen molar-refractivity contribution >= 4 is 23.1 Å². The molecule has 0 aliphatic carbocycles. The Bertz CT molecular complexity index is 483. The summed E-state index contributed by atoms with van der Waals surface area (Å²) in [6, 6.07) is 0. The summed E-state index contributed by atoms with van der Waals surface area (Å²) >= 11 is 0. The van der Waals surface area contributed by atoms with E-state index in [0.29, 0.717) is 41.8 Å². The van der Waals surface area contributed by atoms with E-state index in [1.807, 2.05) is 0 Å². The Hall–Kier alpha value is -0.256. The van der Waals surface area contributed by atoms with E-state index in [1.165, 1.54) is 6.92 Å². The van der Waals surface area contributed by atoms with Crippen LogP contribution >= 0.6 is 0 Å². The monoisotopic (exact) mass is 432 g/mol. The van der Waals surface area contributed by atoms with Gasteiger partial charge in [-0.25, -0.2) is 0 Å². The van der Waals surface area contributed by atoms with Crippen molar-refractivity contribution in [3.05, 3.63) is 0 Å². The summed E-state index contributed by atoms with van der Waals surface area (Å²) in [5.74, 6) is -0.177. The van der Waals surface area contributed by atoms with Crippen molar-refractivity contribution in [2.75, 3.05) is 13.2 Å². The molecule has 8 heteroatoms. The first kappa shape index (κ1) is 24.0. The molecule has 2 aliphatic rings. The lowest BCUT2D eigenvalue weighted by Gasteiger charge is -2.47. The third kappa shape index (κ3) is 4.73. The third-order valence-electron chi connectivity index (χ3n) is 6.18. The van der Waals surface area contributed by atoms with Crippen LogP contribution in [0.5, 0.6) is 0 Å². The van der Waals surface area contributed by atoms with Crippen molar-refractivity contribution in [3.63, 3.8) is 0 Å². The predicted molar refractivity (Wildman–Crippen MR) is 113 cm³/mol. The number of hydrogen-bond acceptors (Lipinski definition) is 6. The van der Waals surface area contributed by atoms with Crippen LogP contribution in [0, 0.1) is 5.92 Å². The highest BCUT2D eigenvalue weighted by atomic mass is 28.5. The lowest BCUT2D eigenvalue weighted by molar-refractivity contribution is -0.174. The van der Waals surface area contributed by atoms with Crippen LogP contribution in [-0.4, -0.2) is 48.7 Å². The molecule has 0 spiro atoms. The van der Waals surface area contributed by atoms with Crippen LogP contribution in [-0.2, 0) is 27.2 Å². The molecule has 0 amide bonds. The van der Waals surface area contributed by atoms with Crippen LogP contribution in [0.1, 0.15) is 68.7 Å². The number of hydrogen-bond donors (Lipinski definition) is 0. The van der Waals surface area contributed by atoms with Crippen molar-refractivity contribution in [3.8, 4) is 0 Å². The Kier molecular flexibility index (Phi) is 7.95. The molecule has 3 atom stereocenters. The van der Waals surface area contributed by atoms with Crippen LogP contribution in [0.3, 0.4) is 0 Å². The van der Waals surface area contributed by atoms with Gasteiger partial charge in [0, 0.05) is 25.9 Å². The molecule has 28 heavy (non-hydrogen) atoms. The minimum atomic E-state index is -2.58. The van der Waals surface area contributed by atoms with Gasteiger partial charge in [0.25, 0.3) is 0 Å². The Morgan fingerprint density at radius 1 is 0.857 bits per heavy atom. The quantitative estimate of drug-likeness (QED) is 0.456. The zero-order valence-electron chi connectivity index (χ0n) is 19.1. The maximum Gasteiger partial charge on any atom is 0.334 e. The SMILES string of the molecule is CC(=O)OC1CC2CO[Si](C(C)C)(C(C)C)O[Si](C(C)C)(C(C)C)OCC2O1. The van der Waals surface area contributed by atoms with E-state index in [1.54, 1.807) is 0 Å². The summed E-state index contributed by atoms with van der Waals surface area (Å²) in [7, 11) is -5.13. The first-order valence-electron chi connectivity index (χ1n) is 10.7.